The van der Waals surface area contributed by atoms with E-state index in [2.05, 4.69) is 0 Å². The van der Waals surface area contributed by atoms with Crippen LogP contribution in [-0.2, 0) is 19.1 Å². The van der Waals surface area contributed by atoms with Crippen molar-refractivity contribution in [2.45, 2.75) is 43.9 Å². The number of carbonyl (C=O) groups excluding carboxylic acids is 3. The molecule has 9 heteroatoms. The maximum atomic E-state index is 14.2. The van der Waals surface area contributed by atoms with Crippen molar-refractivity contribution in [3.05, 3.63) is 48.6 Å². The summed E-state index contributed by atoms with van der Waals surface area (Å²) in [6.45, 7) is 3.74. The molecule has 198 valence electrons. The molecule has 37 heavy (non-hydrogen) atoms. The number of rotatable bonds is 8. The number of aliphatic hydroxyl groups is 1. The molecule has 3 amide bonds. The number of likely N-dealkylation sites (tertiary alicyclic amines) is 1. The predicted octanol–water partition coefficient (Wildman–Crippen LogP) is 1.76. The van der Waals surface area contributed by atoms with Crippen molar-refractivity contribution in [3.8, 4) is 5.75 Å². The first-order chi connectivity index (χ1) is 18.0. The molecule has 4 heterocycles. The summed E-state index contributed by atoms with van der Waals surface area (Å²) in [4.78, 5) is 47.1. The van der Waals surface area contributed by atoms with Crippen LogP contribution < -0.4 is 9.64 Å². The summed E-state index contributed by atoms with van der Waals surface area (Å²) in [5.41, 5.74) is -0.546. The van der Waals surface area contributed by atoms with Gasteiger partial charge in [-0.1, -0.05) is 31.2 Å². The Morgan fingerprint density at radius 3 is 2.51 bits per heavy atom. The molecule has 1 unspecified atom stereocenters. The van der Waals surface area contributed by atoms with E-state index in [-0.39, 0.29) is 24.3 Å². The first-order valence-corrected chi connectivity index (χ1v) is 13.1. The van der Waals surface area contributed by atoms with Gasteiger partial charge in [0.05, 0.1) is 25.0 Å². The molecule has 2 fully saturated rings. The van der Waals surface area contributed by atoms with Crippen molar-refractivity contribution < 1.29 is 29.0 Å². The lowest BCUT2D eigenvalue weighted by Crippen LogP contribution is -2.55. The van der Waals surface area contributed by atoms with Crippen LogP contribution >= 0.6 is 0 Å². The molecular weight excluding hydrogens is 474 g/mol. The highest BCUT2D eigenvalue weighted by Gasteiger charge is 2.71. The lowest BCUT2D eigenvalue weighted by molar-refractivity contribution is -0.144. The van der Waals surface area contributed by atoms with Crippen LogP contribution in [0.1, 0.15) is 26.2 Å². The Morgan fingerprint density at radius 1 is 1.03 bits per heavy atom. The number of nitrogens with zero attached hydrogens (tertiary/aromatic N) is 3. The fourth-order valence-electron chi connectivity index (χ4n) is 6.29. The van der Waals surface area contributed by atoms with Crippen LogP contribution in [0.2, 0.25) is 0 Å². The monoisotopic (exact) mass is 509 g/mol. The summed E-state index contributed by atoms with van der Waals surface area (Å²) in [6.07, 6.45) is 8.85. The molecule has 0 saturated carbocycles. The van der Waals surface area contributed by atoms with Gasteiger partial charge < -0.3 is 29.3 Å². The first-order valence-electron chi connectivity index (χ1n) is 13.1. The zero-order valence-corrected chi connectivity index (χ0v) is 21.4. The fraction of sp³-hybridized carbons (Fsp3) is 0.536. The van der Waals surface area contributed by atoms with Crippen LogP contribution in [0.25, 0.3) is 0 Å². The summed E-state index contributed by atoms with van der Waals surface area (Å²) in [6, 6.07) is 6.33. The molecule has 1 aromatic rings. The van der Waals surface area contributed by atoms with Gasteiger partial charge in [-0.15, -0.1) is 0 Å². The number of fused-ring (bicyclic) bond motifs is 2. The lowest BCUT2D eigenvalue weighted by atomic mass is 9.77. The van der Waals surface area contributed by atoms with Crippen molar-refractivity contribution in [1.82, 2.24) is 9.80 Å². The molecule has 4 aliphatic heterocycles. The quantitative estimate of drug-likeness (QED) is 0.424. The van der Waals surface area contributed by atoms with Crippen LogP contribution in [0.3, 0.4) is 0 Å². The normalized spacial score (nSPS) is 30.8. The van der Waals surface area contributed by atoms with Crippen LogP contribution in [0.5, 0.6) is 5.75 Å². The molecule has 0 bridgehead atoms. The number of unbranched alkanes of at least 4 members (excludes halogenated alkanes) is 1. The minimum Gasteiger partial charge on any atom is -0.497 e. The molecule has 0 aliphatic carbocycles. The minimum atomic E-state index is -1.24. The van der Waals surface area contributed by atoms with Crippen molar-refractivity contribution in [2.75, 3.05) is 44.8 Å². The van der Waals surface area contributed by atoms with Crippen LogP contribution in [-0.4, -0.2) is 90.3 Å². The van der Waals surface area contributed by atoms with Gasteiger partial charge in [0, 0.05) is 38.5 Å². The van der Waals surface area contributed by atoms with E-state index in [1.165, 1.54) is 0 Å². The van der Waals surface area contributed by atoms with E-state index in [1.807, 2.05) is 43.4 Å². The largest absolute Gasteiger partial charge is 0.497 e. The summed E-state index contributed by atoms with van der Waals surface area (Å²) < 4.78 is 11.9. The van der Waals surface area contributed by atoms with Crippen molar-refractivity contribution in [2.24, 2.45) is 11.8 Å². The Labute approximate surface area is 217 Å². The third kappa shape index (κ3) is 4.14. The molecule has 9 nitrogen and oxygen atoms in total. The number of methoxy groups -OCH3 is 1. The average Bonchev–Trinajstić information content (AvgIpc) is 3.21. The molecule has 5 rings (SSSR count). The maximum Gasteiger partial charge on any atom is 0.253 e. The van der Waals surface area contributed by atoms with Crippen molar-refractivity contribution >= 4 is 23.4 Å². The second-order valence-corrected chi connectivity index (χ2v) is 10.1. The van der Waals surface area contributed by atoms with Gasteiger partial charge in [0.15, 0.2) is 0 Å². The maximum absolute atomic E-state index is 14.2. The minimum absolute atomic E-state index is 0.00352. The zero-order valence-electron chi connectivity index (χ0n) is 21.4. The number of aliphatic hydroxyl groups excluding tert-OH is 1. The van der Waals surface area contributed by atoms with E-state index in [1.54, 1.807) is 33.9 Å². The topological polar surface area (TPSA) is 99.6 Å². The average molecular weight is 510 g/mol. The van der Waals surface area contributed by atoms with Gasteiger partial charge in [-0.2, -0.15) is 0 Å². The molecule has 0 aromatic heterocycles. The predicted molar refractivity (Wildman–Crippen MR) is 137 cm³/mol. The van der Waals surface area contributed by atoms with Gasteiger partial charge in [-0.05, 0) is 43.5 Å². The SMILES string of the molecule is CCCN1CC=C[C@@H]2O[C@]34C=CCN(c5ccc(OC)cc5)C(=O)C3N(CCCCO)C(=O)[C@@H]4[C@@H]2C1=O. The number of hydrogen-bond donors (Lipinski definition) is 1. The Bertz CT molecular complexity index is 1100. The highest BCUT2D eigenvalue weighted by Crippen LogP contribution is 2.53. The van der Waals surface area contributed by atoms with E-state index >= 15 is 0 Å². The van der Waals surface area contributed by atoms with Crippen molar-refractivity contribution in [1.29, 1.82) is 0 Å². The highest BCUT2D eigenvalue weighted by molar-refractivity contribution is 6.05. The number of anilines is 1. The number of carbonyl (C=O) groups is 3. The number of amides is 3. The molecule has 5 atom stereocenters. The number of benzene rings is 1. The van der Waals surface area contributed by atoms with E-state index in [4.69, 9.17) is 9.47 Å². The summed E-state index contributed by atoms with van der Waals surface area (Å²) >= 11 is 0. The third-order valence-electron chi connectivity index (χ3n) is 7.93. The highest BCUT2D eigenvalue weighted by atomic mass is 16.5. The third-order valence-corrected chi connectivity index (χ3v) is 7.93. The van der Waals surface area contributed by atoms with Crippen molar-refractivity contribution in [3.63, 3.8) is 0 Å². The summed E-state index contributed by atoms with van der Waals surface area (Å²) in [5.74, 6) is -1.37. The molecule has 2 saturated heterocycles. The molecule has 4 aliphatic rings. The summed E-state index contributed by atoms with van der Waals surface area (Å²) in [5, 5.41) is 9.35. The van der Waals surface area contributed by atoms with E-state index in [0.717, 1.165) is 6.42 Å². The summed E-state index contributed by atoms with van der Waals surface area (Å²) in [7, 11) is 1.59. The molecule has 1 N–H and O–H groups in total. The lowest BCUT2D eigenvalue weighted by Gasteiger charge is -2.35. The molecule has 1 aromatic carbocycles. The second-order valence-electron chi connectivity index (χ2n) is 10.1. The van der Waals surface area contributed by atoms with Gasteiger partial charge in [0.25, 0.3) is 5.91 Å². The Balaban J connectivity index is 1.56. The van der Waals surface area contributed by atoms with Gasteiger partial charge in [-0.3, -0.25) is 14.4 Å². The van der Waals surface area contributed by atoms with Gasteiger partial charge in [0.2, 0.25) is 11.8 Å². The standard InChI is InChI=1S/C28H35N3O6/c1-3-14-29-15-6-8-21-22(25(29)33)23-26(34)31(16-4-5-18-32)24-27(35)30(17-7-13-28(23,24)37-21)19-9-11-20(36-2)12-10-19/h6-13,21-24,32H,3-5,14-18H2,1-2H3/t21-,22+,23-,24?,28-/m0/s1. The molecule has 1 spiro atoms. The second kappa shape index (κ2) is 10.3. The van der Waals surface area contributed by atoms with Gasteiger partial charge >= 0.3 is 0 Å². The van der Waals surface area contributed by atoms with Gasteiger partial charge in [-0.25, -0.2) is 0 Å². The van der Waals surface area contributed by atoms with Crippen LogP contribution in [0, 0.1) is 11.8 Å². The van der Waals surface area contributed by atoms with E-state index < -0.39 is 29.6 Å². The molecular formula is C28H35N3O6. The Morgan fingerprint density at radius 2 is 1.81 bits per heavy atom. The fourth-order valence-corrected chi connectivity index (χ4v) is 6.29. The van der Waals surface area contributed by atoms with Crippen LogP contribution in [0.4, 0.5) is 5.69 Å². The van der Waals surface area contributed by atoms with Gasteiger partial charge in [0.1, 0.15) is 17.4 Å². The Kier molecular flexibility index (Phi) is 7.09. The number of hydrogen-bond acceptors (Lipinski definition) is 6. The molecule has 0 radical (unpaired) electrons. The zero-order chi connectivity index (χ0) is 26.2. The van der Waals surface area contributed by atoms with E-state index in [0.29, 0.717) is 50.5 Å². The van der Waals surface area contributed by atoms with Crippen LogP contribution in [0.15, 0.2) is 48.6 Å². The first kappa shape index (κ1) is 25.5. The number of ether oxygens (including phenoxy) is 2. The smallest absolute Gasteiger partial charge is 0.253 e. The van der Waals surface area contributed by atoms with E-state index in [9.17, 15) is 19.5 Å². The Hall–Kier alpha value is -3.17.